The van der Waals surface area contributed by atoms with Crippen LogP contribution >= 0.6 is 0 Å². The number of sulfonamides is 1. The van der Waals surface area contributed by atoms with Crippen molar-refractivity contribution < 1.29 is 13.2 Å². The summed E-state index contributed by atoms with van der Waals surface area (Å²) in [6.07, 6.45) is 0.490. The van der Waals surface area contributed by atoms with Gasteiger partial charge in [0.2, 0.25) is 15.9 Å². The molecule has 0 N–H and O–H groups in total. The van der Waals surface area contributed by atoms with Crippen LogP contribution in [0.2, 0.25) is 0 Å². The second-order valence-electron chi connectivity index (χ2n) is 7.26. The lowest BCUT2D eigenvalue weighted by Gasteiger charge is -2.35. The molecule has 1 aliphatic heterocycles. The molecule has 2 rings (SSSR count). The third-order valence-corrected chi connectivity index (χ3v) is 5.71. The molecule has 1 saturated heterocycles. The fraction of sp³-hybridized carbons (Fsp3) is 0.588. The van der Waals surface area contributed by atoms with Gasteiger partial charge in [-0.05, 0) is 11.0 Å². The maximum Gasteiger partial charge on any atom is 0.223 e. The van der Waals surface area contributed by atoms with Gasteiger partial charge in [-0.15, -0.1) is 0 Å². The summed E-state index contributed by atoms with van der Waals surface area (Å²) in [6, 6.07) is 9.19. The molecule has 0 bridgehead atoms. The molecule has 1 fully saturated rings. The van der Waals surface area contributed by atoms with E-state index in [1.165, 1.54) is 4.31 Å². The number of benzene rings is 1. The molecule has 1 aromatic rings. The number of rotatable bonds is 4. The molecule has 0 spiro atoms. The number of nitrogens with zero attached hydrogens (tertiary/aromatic N) is 2. The predicted molar refractivity (Wildman–Crippen MR) is 91.3 cm³/mol. The fourth-order valence-corrected chi connectivity index (χ4v) is 4.17. The lowest BCUT2D eigenvalue weighted by molar-refractivity contribution is -0.134. The van der Waals surface area contributed by atoms with Crippen molar-refractivity contribution in [3.63, 3.8) is 0 Å². The number of carbonyl (C=O) groups excluding carboxylic acids is 1. The Labute approximate surface area is 139 Å². The molecule has 0 unspecified atom stereocenters. The van der Waals surface area contributed by atoms with Crippen LogP contribution < -0.4 is 0 Å². The van der Waals surface area contributed by atoms with Gasteiger partial charge >= 0.3 is 0 Å². The summed E-state index contributed by atoms with van der Waals surface area (Å²) in [6.45, 7) is 7.81. The number of piperazine rings is 1. The third-order valence-electron chi connectivity index (χ3n) is 3.86. The van der Waals surface area contributed by atoms with Gasteiger partial charge in [-0.3, -0.25) is 4.79 Å². The van der Waals surface area contributed by atoms with Crippen LogP contribution in [0.15, 0.2) is 30.3 Å². The number of hydrogen-bond donors (Lipinski definition) is 0. The van der Waals surface area contributed by atoms with Gasteiger partial charge in [0.05, 0.1) is 5.75 Å². The summed E-state index contributed by atoms with van der Waals surface area (Å²) in [5.41, 5.74) is 0.742. The predicted octanol–water partition coefficient (Wildman–Crippen LogP) is 2.10. The molecule has 1 aromatic carbocycles. The molecular weight excluding hydrogens is 312 g/mol. The second kappa shape index (κ2) is 7.01. The van der Waals surface area contributed by atoms with E-state index in [1.54, 1.807) is 4.90 Å². The Morgan fingerprint density at radius 1 is 1.04 bits per heavy atom. The van der Waals surface area contributed by atoms with Crippen LogP contribution in [0.25, 0.3) is 0 Å². The summed E-state index contributed by atoms with van der Waals surface area (Å²) in [4.78, 5) is 14.0. The van der Waals surface area contributed by atoms with E-state index in [2.05, 4.69) is 0 Å². The average Bonchev–Trinajstić information content (AvgIpc) is 2.46. The Kier molecular flexibility index (Phi) is 5.47. The molecule has 6 heteroatoms. The van der Waals surface area contributed by atoms with E-state index in [-0.39, 0.29) is 17.1 Å². The van der Waals surface area contributed by atoms with Crippen molar-refractivity contribution in [3.05, 3.63) is 35.9 Å². The van der Waals surface area contributed by atoms with Crippen molar-refractivity contribution in [2.24, 2.45) is 5.41 Å². The van der Waals surface area contributed by atoms with Gasteiger partial charge in [-0.1, -0.05) is 51.1 Å². The zero-order chi connectivity index (χ0) is 17.1. The minimum absolute atomic E-state index is 0.0176. The number of carbonyl (C=O) groups is 1. The molecule has 5 nitrogen and oxygen atoms in total. The first-order valence-electron chi connectivity index (χ1n) is 7.97. The summed E-state index contributed by atoms with van der Waals surface area (Å²) in [5.74, 6) is 0.127. The van der Waals surface area contributed by atoms with Crippen molar-refractivity contribution >= 4 is 15.9 Å². The Morgan fingerprint density at radius 3 is 2.13 bits per heavy atom. The minimum atomic E-state index is -3.33. The maximum atomic E-state index is 12.5. The molecule has 1 amide bonds. The molecule has 0 aromatic heterocycles. The lowest BCUT2D eigenvalue weighted by Crippen LogP contribution is -2.51. The lowest BCUT2D eigenvalue weighted by atomic mass is 9.91. The summed E-state index contributed by atoms with van der Waals surface area (Å²) in [7, 11) is -3.33. The SMILES string of the molecule is CC(C)(C)CC(=O)N1CCN(S(=O)(=O)Cc2ccccc2)CC1. The van der Waals surface area contributed by atoms with Crippen LogP contribution in [0, 0.1) is 5.41 Å². The standard InChI is InChI=1S/C17H26N2O3S/c1-17(2,3)13-16(20)18-9-11-19(12-10-18)23(21,22)14-15-7-5-4-6-8-15/h4-8H,9-14H2,1-3H3. The van der Waals surface area contributed by atoms with E-state index in [9.17, 15) is 13.2 Å². The fourth-order valence-electron chi connectivity index (χ4n) is 2.66. The topological polar surface area (TPSA) is 57.7 Å². The van der Waals surface area contributed by atoms with Gasteiger partial charge < -0.3 is 4.90 Å². The van der Waals surface area contributed by atoms with Crippen molar-refractivity contribution in [2.75, 3.05) is 26.2 Å². The first-order chi connectivity index (χ1) is 10.7. The Hall–Kier alpha value is -1.40. The molecule has 0 radical (unpaired) electrons. The van der Waals surface area contributed by atoms with Crippen LogP contribution in [0.4, 0.5) is 0 Å². The monoisotopic (exact) mass is 338 g/mol. The smallest absolute Gasteiger partial charge is 0.223 e. The molecule has 1 heterocycles. The largest absolute Gasteiger partial charge is 0.340 e. The molecular formula is C17H26N2O3S. The van der Waals surface area contributed by atoms with Crippen molar-refractivity contribution in [1.29, 1.82) is 0 Å². The van der Waals surface area contributed by atoms with Crippen molar-refractivity contribution in [2.45, 2.75) is 32.9 Å². The summed E-state index contributed by atoms with van der Waals surface area (Å²) >= 11 is 0. The highest BCUT2D eigenvalue weighted by molar-refractivity contribution is 7.88. The van der Waals surface area contributed by atoms with Crippen LogP contribution in [0.1, 0.15) is 32.8 Å². The quantitative estimate of drug-likeness (QED) is 0.845. The van der Waals surface area contributed by atoms with Gasteiger partial charge in [0.15, 0.2) is 0 Å². The molecule has 128 valence electrons. The maximum absolute atomic E-state index is 12.5. The van der Waals surface area contributed by atoms with Gasteiger partial charge in [-0.2, -0.15) is 4.31 Å². The molecule has 23 heavy (non-hydrogen) atoms. The number of amides is 1. The van der Waals surface area contributed by atoms with E-state index in [4.69, 9.17) is 0 Å². The normalized spacial score (nSPS) is 17.3. The third kappa shape index (κ3) is 5.32. The highest BCUT2D eigenvalue weighted by Gasteiger charge is 2.30. The van der Waals surface area contributed by atoms with Gasteiger partial charge in [0.25, 0.3) is 0 Å². The molecule has 0 aliphatic carbocycles. The Balaban J connectivity index is 1.92. The molecule has 0 saturated carbocycles. The highest BCUT2D eigenvalue weighted by atomic mass is 32.2. The van der Waals surface area contributed by atoms with E-state index >= 15 is 0 Å². The van der Waals surface area contributed by atoms with E-state index in [1.807, 2.05) is 51.1 Å². The summed E-state index contributed by atoms with van der Waals surface area (Å²) < 4.78 is 26.5. The minimum Gasteiger partial charge on any atom is -0.340 e. The van der Waals surface area contributed by atoms with Gasteiger partial charge in [0.1, 0.15) is 0 Å². The van der Waals surface area contributed by atoms with Crippen LogP contribution in [0.3, 0.4) is 0 Å². The Morgan fingerprint density at radius 2 is 1.61 bits per heavy atom. The first-order valence-corrected chi connectivity index (χ1v) is 9.58. The van der Waals surface area contributed by atoms with Crippen LogP contribution in [-0.2, 0) is 20.6 Å². The van der Waals surface area contributed by atoms with E-state index in [0.717, 1.165) is 5.56 Å². The number of hydrogen-bond acceptors (Lipinski definition) is 3. The van der Waals surface area contributed by atoms with E-state index in [0.29, 0.717) is 32.6 Å². The second-order valence-corrected chi connectivity index (χ2v) is 9.23. The summed E-state index contributed by atoms with van der Waals surface area (Å²) in [5, 5.41) is 0. The molecule has 0 atom stereocenters. The van der Waals surface area contributed by atoms with Crippen LogP contribution in [0.5, 0.6) is 0 Å². The molecule has 1 aliphatic rings. The zero-order valence-corrected chi connectivity index (χ0v) is 15.0. The van der Waals surface area contributed by atoms with Crippen molar-refractivity contribution in [3.8, 4) is 0 Å². The van der Waals surface area contributed by atoms with Crippen molar-refractivity contribution in [1.82, 2.24) is 9.21 Å². The first kappa shape index (κ1) is 17.9. The Bertz CT molecular complexity index is 628. The highest BCUT2D eigenvalue weighted by Crippen LogP contribution is 2.21. The average molecular weight is 338 g/mol. The van der Waals surface area contributed by atoms with Crippen LogP contribution in [-0.4, -0.2) is 49.7 Å². The zero-order valence-electron chi connectivity index (χ0n) is 14.2. The van der Waals surface area contributed by atoms with E-state index < -0.39 is 10.0 Å². The van der Waals surface area contributed by atoms with Gasteiger partial charge in [-0.25, -0.2) is 8.42 Å². The van der Waals surface area contributed by atoms with Gasteiger partial charge in [0, 0.05) is 32.6 Å².